The first-order valence-electron chi connectivity index (χ1n) is 11.1. The molecule has 1 unspecified atom stereocenters. The summed E-state index contributed by atoms with van der Waals surface area (Å²) in [6.07, 6.45) is 4.44. The molecule has 4 aromatic rings. The summed E-state index contributed by atoms with van der Waals surface area (Å²) in [5.41, 5.74) is 9.08. The molecule has 5 rings (SSSR count). The lowest BCUT2D eigenvalue weighted by Gasteiger charge is -2.20. The Morgan fingerprint density at radius 1 is 1.06 bits per heavy atom. The molecule has 32 heavy (non-hydrogen) atoms. The van der Waals surface area contributed by atoms with Crippen molar-refractivity contribution in [2.45, 2.75) is 39.2 Å². The first kappa shape index (κ1) is 20.5. The number of benzene rings is 3. The van der Waals surface area contributed by atoms with Crippen LogP contribution in [0.25, 0.3) is 16.6 Å². The van der Waals surface area contributed by atoms with Gasteiger partial charge >= 0.3 is 0 Å². The largest absolute Gasteiger partial charge is 0.321 e. The maximum absolute atomic E-state index is 9.46. The van der Waals surface area contributed by atoms with Crippen molar-refractivity contribution < 1.29 is 0 Å². The van der Waals surface area contributed by atoms with Crippen LogP contribution in [-0.2, 0) is 19.3 Å². The van der Waals surface area contributed by atoms with Crippen LogP contribution in [0.4, 0.5) is 0 Å². The molecule has 0 spiro atoms. The monoisotopic (exact) mass is 437 g/mol. The standard InChI is InChI=1S/C28H24ClN3/c1-3-27-31-28-25(29)9-6-10-26(28)32(27)18(2)20-13-14-23-21(17-20)12-11-19-7-4-5-8-22(19)24(23)15-16-30/h4-10,13-15,17-18H,3,11-12H2,1-2H3/b24-15+. The van der Waals surface area contributed by atoms with Crippen molar-refractivity contribution in [1.29, 1.82) is 5.26 Å². The number of halogens is 1. The minimum atomic E-state index is 0.118. The van der Waals surface area contributed by atoms with E-state index < -0.39 is 0 Å². The van der Waals surface area contributed by atoms with Crippen molar-refractivity contribution in [3.05, 3.63) is 105 Å². The number of aromatic nitrogens is 2. The molecular weight excluding hydrogens is 414 g/mol. The minimum Gasteiger partial charge on any atom is -0.321 e. The topological polar surface area (TPSA) is 41.6 Å². The van der Waals surface area contributed by atoms with Crippen molar-refractivity contribution in [2.24, 2.45) is 0 Å². The van der Waals surface area contributed by atoms with Crippen LogP contribution in [-0.4, -0.2) is 9.55 Å². The van der Waals surface area contributed by atoms with Gasteiger partial charge in [-0.25, -0.2) is 4.98 Å². The molecule has 1 aromatic heterocycles. The summed E-state index contributed by atoms with van der Waals surface area (Å²) in [5, 5.41) is 10.2. The highest BCUT2D eigenvalue weighted by Gasteiger charge is 2.22. The quantitative estimate of drug-likeness (QED) is 0.326. The molecule has 0 aliphatic heterocycles. The van der Waals surface area contributed by atoms with Gasteiger partial charge in [-0.15, -0.1) is 0 Å². The van der Waals surface area contributed by atoms with Gasteiger partial charge in [0.15, 0.2) is 0 Å². The van der Waals surface area contributed by atoms with Crippen molar-refractivity contribution in [3.63, 3.8) is 0 Å². The van der Waals surface area contributed by atoms with Crippen molar-refractivity contribution in [1.82, 2.24) is 9.55 Å². The SMILES string of the molecule is CCc1nc2c(Cl)cccc2n1C(C)c1ccc2c(c1)CCc1ccccc1/C2=C\C#N. The van der Waals surface area contributed by atoms with E-state index in [1.54, 1.807) is 6.08 Å². The van der Waals surface area contributed by atoms with Gasteiger partial charge in [0.25, 0.3) is 0 Å². The lowest BCUT2D eigenvalue weighted by atomic mass is 9.92. The smallest absolute Gasteiger partial charge is 0.110 e. The average molecular weight is 438 g/mol. The molecule has 0 saturated carbocycles. The van der Waals surface area contributed by atoms with Gasteiger partial charge in [-0.3, -0.25) is 0 Å². The number of aryl methyl sites for hydroxylation is 3. The number of nitriles is 1. The van der Waals surface area contributed by atoms with Crippen LogP contribution in [0.3, 0.4) is 0 Å². The molecule has 1 aliphatic carbocycles. The van der Waals surface area contributed by atoms with Gasteiger partial charge in [-0.05, 0) is 65.3 Å². The molecule has 3 nitrogen and oxygen atoms in total. The minimum absolute atomic E-state index is 0.118. The van der Waals surface area contributed by atoms with Crippen LogP contribution in [0, 0.1) is 11.3 Å². The van der Waals surface area contributed by atoms with E-state index in [1.165, 1.54) is 16.7 Å². The molecule has 3 aromatic carbocycles. The van der Waals surface area contributed by atoms with Gasteiger partial charge in [-0.2, -0.15) is 5.26 Å². The molecular formula is C28H24ClN3. The molecule has 0 bridgehead atoms. The number of imidazole rings is 1. The normalized spacial score (nSPS) is 15.1. The lowest BCUT2D eigenvalue weighted by molar-refractivity contribution is 0.622. The molecule has 0 N–H and O–H groups in total. The van der Waals surface area contributed by atoms with Crippen molar-refractivity contribution >= 4 is 28.2 Å². The Morgan fingerprint density at radius 3 is 2.66 bits per heavy atom. The summed E-state index contributed by atoms with van der Waals surface area (Å²) in [7, 11) is 0. The summed E-state index contributed by atoms with van der Waals surface area (Å²) in [5.74, 6) is 1.04. The molecule has 1 heterocycles. The van der Waals surface area contributed by atoms with Crippen LogP contribution in [0.15, 0.2) is 66.7 Å². The van der Waals surface area contributed by atoms with Gasteiger partial charge < -0.3 is 4.57 Å². The number of rotatable bonds is 3. The molecule has 4 heteroatoms. The Labute approximate surface area is 193 Å². The highest BCUT2D eigenvalue weighted by atomic mass is 35.5. The summed E-state index contributed by atoms with van der Waals surface area (Å²) in [6.45, 7) is 4.35. The van der Waals surface area contributed by atoms with E-state index in [0.717, 1.165) is 52.8 Å². The predicted molar refractivity (Wildman–Crippen MR) is 131 cm³/mol. The lowest BCUT2D eigenvalue weighted by Crippen LogP contribution is -2.11. The molecule has 158 valence electrons. The second-order valence-electron chi connectivity index (χ2n) is 8.30. The highest BCUT2D eigenvalue weighted by molar-refractivity contribution is 6.34. The van der Waals surface area contributed by atoms with Gasteiger partial charge in [0.1, 0.15) is 11.3 Å². The number of nitrogens with zero attached hydrogens (tertiary/aromatic N) is 3. The van der Waals surface area contributed by atoms with Gasteiger partial charge in [-0.1, -0.05) is 67.1 Å². The number of hydrogen-bond donors (Lipinski definition) is 0. The van der Waals surface area contributed by atoms with E-state index in [2.05, 4.69) is 66.9 Å². The van der Waals surface area contributed by atoms with E-state index in [-0.39, 0.29) is 6.04 Å². The fourth-order valence-electron chi connectivity index (χ4n) is 4.94. The Bertz CT molecular complexity index is 1400. The zero-order valence-electron chi connectivity index (χ0n) is 18.3. The Hall–Kier alpha value is -3.35. The van der Waals surface area contributed by atoms with Crippen LogP contribution < -0.4 is 0 Å². The maximum atomic E-state index is 9.46. The van der Waals surface area contributed by atoms with Crippen molar-refractivity contribution in [3.8, 4) is 6.07 Å². The van der Waals surface area contributed by atoms with E-state index in [9.17, 15) is 5.26 Å². The summed E-state index contributed by atoms with van der Waals surface area (Å²) in [4.78, 5) is 4.83. The van der Waals surface area contributed by atoms with Crippen LogP contribution in [0.1, 0.15) is 53.5 Å². The second-order valence-corrected chi connectivity index (χ2v) is 8.70. The first-order valence-corrected chi connectivity index (χ1v) is 11.5. The van der Waals surface area contributed by atoms with Crippen molar-refractivity contribution in [2.75, 3.05) is 0 Å². The number of para-hydroxylation sites is 1. The van der Waals surface area contributed by atoms with Gasteiger partial charge in [0.2, 0.25) is 0 Å². The Kier molecular flexibility index (Phi) is 5.33. The first-order chi connectivity index (χ1) is 15.6. The fourth-order valence-corrected chi connectivity index (χ4v) is 5.15. The maximum Gasteiger partial charge on any atom is 0.110 e. The van der Waals surface area contributed by atoms with Gasteiger partial charge in [0, 0.05) is 12.5 Å². The zero-order valence-corrected chi connectivity index (χ0v) is 19.0. The Balaban J connectivity index is 1.63. The molecule has 1 atom stereocenters. The summed E-state index contributed by atoms with van der Waals surface area (Å²) in [6, 6.07) is 23.5. The second kappa shape index (κ2) is 8.30. The average Bonchev–Trinajstić information content (AvgIpc) is 3.13. The number of allylic oxidation sites excluding steroid dienone is 1. The van der Waals surface area contributed by atoms with E-state index in [4.69, 9.17) is 16.6 Å². The summed E-state index contributed by atoms with van der Waals surface area (Å²) < 4.78 is 2.31. The fraction of sp³-hybridized carbons (Fsp3) is 0.214. The molecule has 0 amide bonds. The van der Waals surface area contributed by atoms with E-state index in [0.29, 0.717) is 5.02 Å². The third-order valence-corrected chi connectivity index (χ3v) is 6.83. The zero-order chi connectivity index (χ0) is 22.2. The van der Waals surface area contributed by atoms with Gasteiger partial charge in [0.05, 0.1) is 22.7 Å². The van der Waals surface area contributed by atoms with E-state index in [1.807, 2.05) is 18.2 Å². The number of hydrogen-bond acceptors (Lipinski definition) is 2. The molecule has 0 fully saturated rings. The van der Waals surface area contributed by atoms with Crippen LogP contribution in [0.5, 0.6) is 0 Å². The molecule has 0 saturated heterocycles. The molecule has 0 radical (unpaired) electrons. The Morgan fingerprint density at radius 2 is 1.84 bits per heavy atom. The summed E-state index contributed by atoms with van der Waals surface area (Å²) >= 11 is 6.44. The van der Waals surface area contributed by atoms with Crippen LogP contribution in [0.2, 0.25) is 5.02 Å². The third-order valence-electron chi connectivity index (χ3n) is 6.53. The molecule has 1 aliphatic rings. The van der Waals surface area contributed by atoms with Crippen LogP contribution >= 0.6 is 11.6 Å². The third kappa shape index (κ3) is 3.32. The predicted octanol–water partition coefficient (Wildman–Crippen LogP) is 6.92. The highest BCUT2D eigenvalue weighted by Crippen LogP contribution is 2.36. The number of fused-ring (bicyclic) bond motifs is 3. The van der Waals surface area contributed by atoms with E-state index >= 15 is 0 Å².